The number of hydrogen-bond donors (Lipinski definition) is 3. The van der Waals surface area contributed by atoms with Gasteiger partial charge in [-0.05, 0) is 28.8 Å². The van der Waals surface area contributed by atoms with Crippen LogP contribution in [0.1, 0.15) is 11.1 Å². The van der Waals surface area contributed by atoms with Crippen molar-refractivity contribution in [2.45, 2.75) is 13.0 Å². The lowest BCUT2D eigenvalue weighted by Crippen LogP contribution is -2.13. The summed E-state index contributed by atoms with van der Waals surface area (Å²) < 4.78 is 0. The number of primary amides is 1. The van der Waals surface area contributed by atoms with Gasteiger partial charge in [0, 0.05) is 23.3 Å². The molecule has 0 saturated heterocycles. The molecule has 0 aliphatic heterocycles. The smallest absolute Gasteiger partial charge is 0.221 e. The van der Waals surface area contributed by atoms with Crippen LogP contribution in [0.25, 0.3) is 22.2 Å². The van der Waals surface area contributed by atoms with Crippen LogP contribution in [-0.2, 0) is 17.8 Å². The van der Waals surface area contributed by atoms with Crippen molar-refractivity contribution in [3.8, 4) is 11.1 Å². The molecule has 0 atom stereocenters. The van der Waals surface area contributed by atoms with Crippen molar-refractivity contribution >= 4 is 16.9 Å². The summed E-state index contributed by atoms with van der Waals surface area (Å²) in [4.78, 5) is 18.5. The molecule has 3 rings (SSSR count). The van der Waals surface area contributed by atoms with E-state index in [1.165, 1.54) is 0 Å². The average Bonchev–Trinajstić information content (AvgIpc) is 2.89. The van der Waals surface area contributed by atoms with E-state index in [1.54, 1.807) is 12.4 Å². The minimum atomic E-state index is -0.372. The number of pyridine rings is 1. The summed E-state index contributed by atoms with van der Waals surface area (Å²) in [7, 11) is 0. The highest BCUT2D eigenvalue weighted by Gasteiger charge is 2.09. The molecule has 5 nitrogen and oxygen atoms in total. The van der Waals surface area contributed by atoms with Crippen LogP contribution in [-0.4, -0.2) is 21.0 Å². The first-order chi connectivity index (χ1) is 10.2. The van der Waals surface area contributed by atoms with Gasteiger partial charge in [0.2, 0.25) is 5.91 Å². The number of nitrogens with one attached hydrogen (secondary N) is 1. The van der Waals surface area contributed by atoms with Gasteiger partial charge in [0.05, 0.1) is 13.0 Å². The van der Waals surface area contributed by atoms with E-state index in [0.29, 0.717) is 0 Å². The van der Waals surface area contributed by atoms with E-state index >= 15 is 0 Å². The number of carbonyl (C=O) groups excluding carboxylic acids is 1. The van der Waals surface area contributed by atoms with Crippen LogP contribution >= 0.6 is 0 Å². The maximum absolute atomic E-state index is 11.1. The van der Waals surface area contributed by atoms with E-state index in [-0.39, 0.29) is 18.9 Å². The van der Waals surface area contributed by atoms with Gasteiger partial charge in [-0.15, -0.1) is 0 Å². The second-order valence-electron chi connectivity index (χ2n) is 4.94. The van der Waals surface area contributed by atoms with Crippen molar-refractivity contribution in [2.75, 3.05) is 0 Å². The predicted molar refractivity (Wildman–Crippen MR) is 80.4 cm³/mol. The Balaban J connectivity index is 2.08. The van der Waals surface area contributed by atoms with Gasteiger partial charge in [0.25, 0.3) is 0 Å². The van der Waals surface area contributed by atoms with Crippen molar-refractivity contribution in [2.24, 2.45) is 5.73 Å². The van der Waals surface area contributed by atoms with Crippen molar-refractivity contribution < 1.29 is 9.90 Å². The zero-order chi connectivity index (χ0) is 14.8. The number of H-pyrrole nitrogens is 1. The van der Waals surface area contributed by atoms with Crippen LogP contribution in [0, 0.1) is 0 Å². The molecule has 0 bridgehead atoms. The van der Waals surface area contributed by atoms with Gasteiger partial charge in [-0.1, -0.05) is 18.2 Å². The Bertz CT molecular complexity index is 808. The standard InChI is InChI=1S/C16H15N3O2/c17-15(21)6-13-8-19-16-14(13)5-12(7-18-16)11-3-1-2-10(4-11)9-20/h1-5,7-8,20H,6,9H2,(H2,17,21)(H,18,19). The number of aliphatic hydroxyl groups is 1. The van der Waals surface area contributed by atoms with Crippen molar-refractivity contribution in [3.05, 3.63) is 53.9 Å². The SMILES string of the molecule is NC(=O)Cc1c[nH]c2ncc(-c3cccc(CO)c3)cc12. The Kier molecular flexibility index (Phi) is 3.41. The van der Waals surface area contributed by atoms with E-state index in [0.717, 1.165) is 33.3 Å². The first kappa shape index (κ1) is 13.3. The highest BCUT2D eigenvalue weighted by atomic mass is 16.3. The molecule has 0 aliphatic carbocycles. The third-order valence-corrected chi connectivity index (χ3v) is 3.42. The molecule has 4 N–H and O–H groups in total. The van der Waals surface area contributed by atoms with Crippen LogP contribution in [0.3, 0.4) is 0 Å². The van der Waals surface area contributed by atoms with Crippen molar-refractivity contribution in [3.63, 3.8) is 0 Å². The second-order valence-corrected chi connectivity index (χ2v) is 4.94. The average molecular weight is 281 g/mol. The number of nitrogens with zero attached hydrogens (tertiary/aromatic N) is 1. The first-order valence-corrected chi connectivity index (χ1v) is 6.62. The number of aromatic nitrogens is 2. The lowest BCUT2D eigenvalue weighted by atomic mass is 10.0. The van der Waals surface area contributed by atoms with E-state index in [4.69, 9.17) is 5.73 Å². The molecule has 0 radical (unpaired) electrons. The van der Waals surface area contributed by atoms with E-state index in [2.05, 4.69) is 9.97 Å². The minimum Gasteiger partial charge on any atom is -0.392 e. The Morgan fingerprint density at radius 2 is 2.14 bits per heavy atom. The zero-order valence-corrected chi connectivity index (χ0v) is 11.3. The predicted octanol–water partition coefficient (Wildman–Crippen LogP) is 1.75. The van der Waals surface area contributed by atoms with E-state index < -0.39 is 0 Å². The molecule has 0 unspecified atom stereocenters. The quantitative estimate of drug-likeness (QED) is 0.680. The lowest BCUT2D eigenvalue weighted by molar-refractivity contribution is -0.117. The van der Waals surface area contributed by atoms with Crippen LogP contribution in [0.15, 0.2) is 42.7 Å². The third kappa shape index (κ3) is 2.64. The Morgan fingerprint density at radius 3 is 2.90 bits per heavy atom. The molecule has 2 heterocycles. The van der Waals surface area contributed by atoms with Crippen molar-refractivity contribution in [1.82, 2.24) is 9.97 Å². The number of hydrogen-bond acceptors (Lipinski definition) is 3. The molecule has 0 aliphatic rings. The highest BCUT2D eigenvalue weighted by molar-refractivity contribution is 5.89. The molecular formula is C16H15N3O2. The molecule has 0 fully saturated rings. The summed E-state index contributed by atoms with van der Waals surface area (Å²) in [6.07, 6.45) is 3.71. The minimum absolute atomic E-state index is 0.000588. The maximum Gasteiger partial charge on any atom is 0.221 e. The fourth-order valence-corrected chi connectivity index (χ4v) is 2.40. The summed E-state index contributed by atoms with van der Waals surface area (Å²) >= 11 is 0. The molecule has 106 valence electrons. The van der Waals surface area contributed by atoms with Crippen molar-refractivity contribution in [1.29, 1.82) is 0 Å². The molecule has 3 aromatic rings. The summed E-state index contributed by atoms with van der Waals surface area (Å²) in [6.45, 7) is 0.000588. The van der Waals surface area contributed by atoms with Gasteiger partial charge in [-0.25, -0.2) is 4.98 Å². The number of fused-ring (bicyclic) bond motifs is 1. The number of amides is 1. The van der Waals surface area contributed by atoms with Gasteiger partial charge >= 0.3 is 0 Å². The van der Waals surface area contributed by atoms with Gasteiger partial charge in [-0.3, -0.25) is 4.79 Å². The summed E-state index contributed by atoms with van der Waals surface area (Å²) in [6, 6.07) is 9.62. The number of rotatable bonds is 4. The summed E-state index contributed by atoms with van der Waals surface area (Å²) in [5.41, 5.74) is 9.58. The fourth-order valence-electron chi connectivity index (χ4n) is 2.40. The largest absolute Gasteiger partial charge is 0.392 e. The number of carbonyl (C=O) groups is 1. The number of nitrogens with two attached hydrogens (primary N) is 1. The molecule has 5 heteroatoms. The van der Waals surface area contributed by atoms with Gasteiger partial charge in [-0.2, -0.15) is 0 Å². The monoisotopic (exact) mass is 281 g/mol. The van der Waals surface area contributed by atoms with Crippen LogP contribution in [0.5, 0.6) is 0 Å². The molecular weight excluding hydrogens is 266 g/mol. The van der Waals surface area contributed by atoms with Gasteiger partial charge in [0.1, 0.15) is 5.65 Å². The van der Waals surface area contributed by atoms with E-state index in [1.807, 2.05) is 30.3 Å². The molecule has 0 spiro atoms. The molecule has 1 aromatic carbocycles. The van der Waals surface area contributed by atoms with Crippen LogP contribution < -0.4 is 5.73 Å². The maximum atomic E-state index is 11.1. The third-order valence-electron chi connectivity index (χ3n) is 3.42. The fraction of sp³-hybridized carbons (Fsp3) is 0.125. The molecule has 21 heavy (non-hydrogen) atoms. The number of aromatic amines is 1. The topological polar surface area (TPSA) is 92.0 Å². The van der Waals surface area contributed by atoms with Gasteiger partial charge in [0.15, 0.2) is 0 Å². The molecule has 0 saturated carbocycles. The Morgan fingerprint density at radius 1 is 1.29 bits per heavy atom. The molecule has 2 aromatic heterocycles. The van der Waals surface area contributed by atoms with Gasteiger partial charge < -0.3 is 15.8 Å². The molecule has 1 amide bonds. The number of benzene rings is 1. The van der Waals surface area contributed by atoms with Crippen LogP contribution in [0.4, 0.5) is 0 Å². The summed E-state index contributed by atoms with van der Waals surface area (Å²) in [5.74, 6) is -0.372. The van der Waals surface area contributed by atoms with Crippen LogP contribution in [0.2, 0.25) is 0 Å². The van der Waals surface area contributed by atoms with E-state index in [9.17, 15) is 9.90 Å². The second kappa shape index (κ2) is 5.38. The Labute approximate surface area is 121 Å². The Hall–Kier alpha value is -2.66. The zero-order valence-electron chi connectivity index (χ0n) is 11.3. The number of aliphatic hydroxyl groups excluding tert-OH is 1. The normalized spacial score (nSPS) is 10.9. The lowest BCUT2D eigenvalue weighted by Gasteiger charge is -2.04. The summed E-state index contributed by atoms with van der Waals surface area (Å²) in [5, 5.41) is 10.1. The first-order valence-electron chi connectivity index (χ1n) is 6.62. The highest BCUT2D eigenvalue weighted by Crippen LogP contribution is 2.25.